The predicted molar refractivity (Wildman–Crippen MR) is 99.2 cm³/mol. The van der Waals surface area contributed by atoms with E-state index in [0.717, 1.165) is 24.8 Å². The fourth-order valence-corrected chi connectivity index (χ4v) is 5.10. The van der Waals surface area contributed by atoms with Crippen molar-refractivity contribution in [2.75, 3.05) is 19.8 Å². The van der Waals surface area contributed by atoms with Crippen LogP contribution in [0.3, 0.4) is 0 Å². The lowest BCUT2D eigenvalue weighted by atomic mass is 10.1. The minimum atomic E-state index is -3.53. The standard InChI is InChI=1S/C20H23NO4S/c1-2-21(14-15-6-9-19-20(12-15)25-11-10-24-19)26(22,23)18-8-7-16-4-3-5-17(16)13-18/h6-9,12-13H,2-5,10-11,14H2,1H3. The Kier molecular flexibility index (Phi) is 4.63. The Morgan fingerprint density at radius 3 is 2.54 bits per heavy atom. The smallest absolute Gasteiger partial charge is 0.243 e. The number of rotatable bonds is 5. The Bertz CT molecular complexity index is 923. The van der Waals surface area contributed by atoms with Crippen molar-refractivity contribution in [1.29, 1.82) is 0 Å². The van der Waals surface area contributed by atoms with Gasteiger partial charge in [0, 0.05) is 13.1 Å². The molecule has 26 heavy (non-hydrogen) atoms. The summed E-state index contributed by atoms with van der Waals surface area (Å²) < 4.78 is 38.9. The molecule has 0 unspecified atom stereocenters. The summed E-state index contributed by atoms with van der Waals surface area (Å²) >= 11 is 0. The highest BCUT2D eigenvalue weighted by molar-refractivity contribution is 7.89. The monoisotopic (exact) mass is 373 g/mol. The molecular formula is C20H23NO4S. The van der Waals surface area contributed by atoms with Gasteiger partial charge in [0.05, 0.1) is 4.90 Å². The van der Waals surface area contributed by atoms with Crippen molar-refractivity contribution in [3.8, 4) is 11.5 Å². The van der Waals surface area contributed by atoms with E-state index in [4.69, 9.17) is 9.47 Å². The average molecular weight is 373 g/mol. The summed E-state index contributed by atoms with van der Waals surface area (Å²) in [6, 6.07) is 11.2. The second kappa shape index (κ2) is 6.93. The maximum absolute atomic E-state index is 13.1. The van der Waals surface area contributed by atoms with Crippen LogP contribution in [-0.4, -0.2) is 32.5 Å². The lowest BCUT2D eigenvalue weighted by molar-refractivity contribution is 0.171. The number of fused-ring (bicyclic) bond motifs is 2. The third kappa shape index (κ3) is 3.19. The van der Waals surface area contributed by atoms with Crippen LogP contribution in [0.15, 0.2) is 41.3 Å². The highest BCUT2D eigenvalue weighted by atomic mass is 32.2. The molecule has 2 aromatic carbocycles. The molecule has 2 aliphatic rings. The number of benzene rings is 2. The van der Waals surface area contributed by atoms with Gasteiger partial charge in [-0.05, 0) is 60.2 Å². The number of hydrogen-bond acceptors (Lipinski definition) is 4. The average Bonchev–Trinajstić information content (AvgIpc) is 3.13. The summed E-state index contributed by atoms with van der Waals surface area (Å²) in [4.78, 5) is 0.387. The van der Waals surface area contributed by atoms with E-state index in [2.05, 4.69) is 0 Å². The van der Waals surface area contributed by atoms with Gasteiger partial charge >= 0.3 is 0 Å². The van der Waals surface area contributed by atoms with Crippen molar-refractivity contribution >= 4 is 10.0 Å². The maximum atomic E-state index is 13.1. The van der Waals surface area contributed by atoms with E-state index in [0.29, 0.717) is 42.7 Å². The van der Waals surface area contributed by atoms with Gasteiger partial charge in [0.1, 0.15) is 13.2 Å². The molecule has 1 aliphatic carbocycles. The molecule has 1 heterocycles. The van der Waals surface area contributed by atoms with Gasteiger partial charge in [-0.1, -0.05) is 19.1 Å². The van der Waals surface area contributed by atoms with Crippen LogP contribution >= 0.6 is 0 Å². The van der Waals surface area contributed by atoms with E-state index in [9.17, 15) is 8.42 Å². The molecule has 0 fully saturated rings. The van der Waals surface area contributed by atoms with E-state index >= 15 is 0 Å². The Labute approximate surface area is 154 Å². The van der Waals surface area contributed by atoms with Crippen LogP contribution in [0.5, 0.6) is 11.5 Å². The van der Waals surface area contributed by atoms with Crippen molar-refractivity contribution in [1.82, 2.24) is 4.31 Å². The third-order valence-corrected chi connectivity index (χ3v) is 6.94. The van der Waals surface area contributed by atoms with Crippen LogP contribution in [0.4, 0.5) is 0 Å². The van der Waals surface area contributed by atoms with Crippen molar-refractivity contribution in [3.05, 3.63) is 53.1 Å². The van der Waals surface area contributed by atoms with Crippen LogP contribution < -0.4 is 9.47 Å². The van der Waals surface area contributed by atoms with Crippen LogP contribution in [-0.2, 0) is 29.4 Å². The van der Waals surface area contributed by atoms with Gasteiger partial charge in [0.2, 0.25) is 10.0 Å². The molecule has 6 heteroatoms. The molecule has 4 rings (SSSR count). The number of nitrogens with zero attached hydrogens (tertiary/aromatic N) is 1. The molecule has 0 saturated heterocycles. The van der Waals surface area contributed by atoms with Gasteiger partial charge in [-0.25, -0.2) is 8.42 Å². The fraction of sp³-hybridized carbons (Fsp3) is 0.400. The lowest BCUT2D eigenvalue weighted by Crippen LogP contribution is -2.30. The number of sulfonamides is 1. The van der Waals surface area contributed by atoms with Crippen molar-refractivity contribution in [2.24, 2.45) is 0 Å². The predicted octanol–water partition coefficient (Wildman–Crippen LogP) is 3.16. The quantitative estimate of drug-likeness (QED) is 0.808. The largest absolute Gasteiger partial charge is 0.486 e. The molecule has 2 aromatic rings. The zero-order chi connectivity index (χ0) is 18.1. The summed E-state index contributed by atoms with van der Waals surface area (Å²) in [5.41, 5.74) is 3.33. The van der Waals surface area contributed by atoms with Crippen LogP contribution in [0, 0.1) is 0 Å². The lowest BCUT2D eigenvalue weighted by Gasteiger charge is -2.23. The van der Waals surface area contributed by atoms with Gasteiger partial charge < -0.3 is 9.47 Å². The van der Waals surface area contributed by atoms with Crippen LogP contribution in [0.25, 0.3) is 0 Å². The first-order valence-corrected chi connectivity index (χ1v) is 10.5. The van der Waals surface area contributed by atoms with Crippen LogP contribution in [0.2, 0.25) is 0 Å². The van der Waals surface area contributed by atoms with Crippen molar-refractivity contribution < 1.29 is 17.9 Å². The van der Waals surface area contributed by atoms with Crippen LogP contribution in [0.1, 0.15) is 30.0 Å². The van der Waals surface area contributed by atoms with E-state index in [1.165, 1.54) is 15.4 Å². The first-order valence-electron chi connectivity index (χ1n) is 9.08. The van der Waals surface area contributed by atoms with Crippen molar-refractivity contribution in [2.45, 2.75) is 37.6 Å². The molecule has 0 bridgehead atoms. The van der Waals surface area contributed by atoms with Gasteiger partial charge in [0.15, 0.2) is 11.5 Å². The normalized spacial score (nSPS) is 15.9. The molecule has 0 spiro atoms. The Morgan fingerprint density at radius 2 is 1.73 bits per heavy atom. The highest BCUT2D eigenvalue weighted by Crippen LogP contribution is 2.32. The van der Waals surface area contributed by atoms with Gasteiger partial charge in [-0.2, -0.15) is 4.31 Å². The molecule has 0 atom stereocenters. The van der Waals surface area contributed by atoms with E-state index in [1.54, 1.807) is 6.07 Å². The molecule has 138 valence electrons. The highest BCUT2D eigenvalue weighted by Gasteiger charge is 2.25. The molecule has 0 N–H and O–H groups in total. The summed E-state index contributed by atoms with van der Waals surface area (Å²) in [7, 11) is -3.53. The molecule has 0 amide bonds. The molecule has 1 aliphatic heterocycles. The number of aryl methyl sites for hydroxylation is 2. The SMILES string of the molecule is CCN(Cc1ccc2c(c1)OCCO2)S(=O)(=O)c1ccc2c(c1)CCC2. The minimum absolute atomic E-state index is 0.312. The zero-order valence-corrected chi connectivity index (χ0v) is 15.7. The topological polar surface area (TPSA) is 55.8 Å². The fourth-order valence-electron chi connectivity index (χ4n) is 3.61. The maximum Gasteiger partial charge on any atom is 0.243 e. The second-order valence-corrected chi connectivity index (χ2v) is 8.63. The molecule has 0 aromatic heterocycles. The van der Waals surface area contributed by atoms with E-state index in [-0.39, 0.29) is 0 Å². The van der Waals surface area contributed by atoms with Gasteiger partial charge in [-0.3, -0.25) is 0 Å². The second-order valence-electron chi connectivity index (χ2n) is 6.69. The molecule has 0 radical (unpaired) electrons. The van der Waals surface area contributed by atoms with Gasteiger partial charge in [-0.15, -0.1) is 0 Å². The third-order valence-electron chi connectivity index (χ3n) is 5.03. The molecule has 0 saturated carbocycles. The first kappa shape index (κ1) is 17.4. The van der Waals surface area contributed by atoms with E-state index in [1.807, 2.05) is 37.3 Å². The number of ether oxygens (including phenoxy) is 2. The molecular weight excluding hydrogens is 350 g/mol. The van der Waals surface area contributed by atoms with Crippen molar-refractivity contribution in [3.63, 3.8) is 0 Å². The summed E-state index contributed by atoms with van der Waals surface area (Å²) in [6.45, 7) is 3.64. The summed E-state index contributed by atoms with van der Waals surface area (Å²) in [6.07, 6.45) is 3.12. The summed E-state index contributed by atoms with van der Waals surface area (Å²) in [5.74, 6) is 1.39. The Hall–Kier alpha value is -2.05. The van der Waals surface area contributed by atoms with E-state index < -0.39 is 10.0 Å². The first-order chi connectivity index (χ1) is 12.6. The number of hydrogen-bond donors (Lipinski definition) is 0. The minimum Gasteiger partial charge on any atom is -0.486 e. The molecule has 5 nitrogen and oxygen atoms in total. The Balaban J connectivity index is 1.60. The summed E-state index contributed by atoms with van der Waals surface area (Å²) in [5, 5.41) is 0. The Morgan fingerprint density at radius 1 is 0.962 bits per heavy atom. The zero-order valence-electron chi connectivity index (χ0n) is 14.9. The van der Waals surface area contributed by atoms with Gasteiger partial charge in [0.25, 0.3) is 0 Å².